The number of ether oxygens (including phenoxy) is 1. The smallest absolute Gasteiger partial charge is 0.237 e. The van der Waals surface area contributed by atoms with Gasteiger partial charge >= 0.3 is 0 Å². The number of anilines is 1. The summed E-state index contributed by atoms with van der Waals surface area (Å²) in [6, 6.07) is 15.1. The number of rotatable bonds is 6. The van der Waals surface area contributed by atoms with E-state index in [2.05, 4.69) is 25.5 Å². The third-order valence-electron chi connectivity index (χ3n) is 3.85. The van der Waals surface area contributed by atoms with Crippen molar-refractivity contribution in [3.8, 4) is 11.4 Å². The number of benzene rings is 2. The average Bonchev–Trinajstić information content (AvgIpc) is 3.32. The normalized spacial score (nSPS) is 10.9. The van der Waals surface area contributed by atoms with Gasteiger partial charge in [0.1, 0.15) is 12.1 Å². The Hall–Kier alpha value is -3.33. The lowest BCUT2D eigenvalue weighted by Crippen LogP contribution is -2.15. The number of carbonyl (C=O) groups is 1. The molecule has 2 N–H and O–H groups in total. The van der Waals surface area contributed by atoms with Gasteiger partial charge in [-0.3, -0.25) is 14.7 Å². The summed E-state index contributed by atoms with van der Waals surface area (Å²) in [5.74, 6) is 1.21. The molecule has 0 atom stereocenters. The summed E-state index contributed by atoms with van der Waals surface area (Å²) in [5, 5.41) is 11.4. The fourth-order valence-electron chi connectivity index (χ4n) is 2.55. The van der Waals surface area contributed by atoms with Crippen molar-refractivity contribution >= 4 is 34.7 Å². The number of para-hydroxylation sites is 2. The van der Waals surface area contributed by atoms with Crippen LogP contribution >= 0.6 is 11.8 Å². The maximum Gasteiger partial charge on any atom is 0.237 e. The summed E-state index contributed by atoms with van der Waals surface area (Å²) >= 11 is 1.30. The molecule has 0 saturated carbocycles. The fraction of sp³-hybridized carbons (Fsp3) is 0.111. The molecule has 9 heteroatoms. The number of fused-ring (bicyclic) bond motifs is 1. The Morgan fingerprint density at radius 3 is 2.81 bits per heavy atom. The van der Waals surface area contributed by atoms with Crippen LogP contribution in [0.1, 0.15) is 0 Å². The number of H-pyrrole nitrogens is 1. The predicted molar refractivity (Wildman–Crippen MR) is 103 cm³/mol. The Balaban J connectivity index is 1.41. The second-order valence-corrected chi connectivity index (χ2v) is 6.56. The van der Waals surface area contributed by atoms with Crippen LogP contribution in [0.2, 0.25) is 0 Å². The van der Waals surface area contributed by atoms with Gasteiger partial charge in [-0.2, -0.15) is 0 Å². The van der Waals surface area contributed by atoms with Gasteiger partial charge in [0.05, 0.1) is 23.9 Å². The molecule has 4 aromatic rings. The van der Waals surface area contributed by atoms with Gasteiger partial charge < -0.3 is 9.72 Å². The minimum atomic E-state index is -0.177. The van der Waals surface area contributed by atoms with E-state index in [1.54, 1.807) is 13.4 Å². The van der Waals surface area contributed by atoms with Crippen LogP contribution in [0, 0.1) is 0 Å². The number of thioether (sulfide) groups is 1. The molecule has 4 rings (SSSR count). The third-order valence-corrected chi connectivity index (χ3v) is 4.79. The molecule has 2 aromatic carbocycles. The lowest BCUT2D eigenvalue weighted by atomic mass is 10.3. The fourth-order valence-corrected chi connectivity index (χ4v) is 3.28. The molecule has 0 aliphatic rings. The van der Waals surface area contributed by atoms with E-state index in [-0.39, 0.29) is 11.7 Å². The number of aromatic nitrogens is 5. The van der Waals surface area contributed by atoms with Gasteiger partial charge in [0.25, 0.3) is 0 Å². The molecule has 0 radical (unpaired) electrons. The first kappa shape index (κ1) is 17.1. The Labute approximate surface area is 159 Å². The van der Waals surface area contributed by atoms with E-state index in [0.717, 1.165) is 22.5 Å². The van der Waals surface area contributed by atoms with Crippen LogP contribution in [-0.2, 0) is 4.79 Å². The standard InChI is InChI=1S/C18H16N6O2S/c1-26-13-8-6-12(7-9-13)24-11-19-23-18(24)27-10-16(25)22-17-20-14-4-2-3-5-15(14)21-17/h2-9,11H,10H2,1H3,(H2,20,21,22,25). The number of amides is 1. The third kappa shape index (κ3) is 3.77. The van der Waals surface area contributed by atoms with E-state index in [1.165, 1.54) is 11.8 Å². The number of hydrogen-bond donors (Lipinski definition) is 2. The molecule has 0 saturated heterocycles. The minimum absolute atomic E-state index is 0.177. The van der Waals surface area contributed by atoms with Gasteiger partial charge in [0.15, 0.2) is 5.16 Å². The van der Waals surface area contributed by atoms with E-state index in [9.17, 15) is 4.79 Å². The number of aromatic amines is 1. The van der Waals surface area contributed by atoms with Gasteiger partial charge in [-0.1, -0.05) is 23.9 Å². The second-order valence-electron chi connectivity index (χ2n) is 5.62. The van der Waals surface area contributed by atoms with Crippen molar-refractivity contribution in [2.75, 3.05) is 18.2 Å². The highest BCUT2D eigenvalue weighted by molar-refractivity contribution is 7.99. The lowest BCUT2D eigenvalue weighted by molar-refractivity contribution is -0.113. The number of imidazole rings is 1. The zero-order valence-corrected chi connectivity index (χ0v) is 15.2. The van der Waals surface area contributed by atoms with Crippen LogP contribution in [0.3, 0.4) is 0 Å². The molecule has 0 aliphatic heterocycles. The zero-order chi connectivity index (χ0) is 18.6. The van der Waals surface area contributed by atoms with Crippen molar-refractivity contribution in [2.45, 2.75) is 5.16 Å². The molecule has 2 heterocycles. The van der Waals surface area contributed by atoms with Gasteiger partial charge in [0.2, 0.25) is 11.9 Å². The Bertz CT molecular complexity index is 1040. The topological polar surface area (TPSA) is 97.7 Å². The zero-order valence-electron chi connectivity index (χ0n) is 14.4. The van der Waals surface area contributed by atoms with Crippen LogP contribution in [0.15, 0.2) is 60.0 Å². The van der Waals surface area contributed by atoms with Crippen molar-refractivity contribution in [3.05, 3.63) is 54.9 Å². The molecule has 0 spiro atoms. The molecule has 0 fully saturated rings. The second kappa shape index (κ2) is 7.50. The Morgan fingerprint density at radius 1 is 1.22 bits per heavy atom. The summed E-state index contributed by atoms with van der Waals surface area (Å²) in [5.41, 5.74) is 2.57. The largest absolute Gasteiger partial charge is 0.497 e. The van der Waals surface area contributed by atoms with Crippen molar-refractivity contribution < 1.29 is 9.53 Å². The molecule has 136 valence electrons. The molecule has 27 heavy (non-hydrogen) atoms. The van der Waals surface area contributed by atoms with Crippen molar-refractivity contribution in [1.82, 2.24) is 24.7 Å². The van der Waals surface area contributed by atoms with E-state index in [4.69, 9.17) is 4.74 Å². The SMILES string of the molecule is COc1ccc(-n2cnnc2SCC(=O)Nc2nc3ccccc3[nH]2)cc1. The highest BCUT2D eigenvalue weighted by atomic mass is 32.2. The molecule has 8 nitrogen and oxygen atoms in total. The number of hydrogen-bond acceptors (Lipinski definition) is 6. The number of nitrogens with zero attached hydrogens (tertiary/aromatic N) is 4. The van der Waals surface area contributed by atoms with Gasteiger partial charge in [-0.05, 0) is 36.4 Å². The quantitative estimate of drug-likeness (QED) is 0.499. The van der Waals surface area contributed by atoms with Crippen LogP contribution in [-0.4, -0.2) is 43.5 Å². The summed E-state index contributed by atoms with van der Waals surface area (Å²) in [4.78, 5) is 19.7. The van der Waals surface area contributed by atoms with Crippen LogP contribution < -0.4 is 10.1 Å². The summed E-state index contributed by atoms with van der Waals surface area (Å²) in [6.07, 6.45) is 1.61. The predicted octanol–water partition coefficient (Wildman–Crippen LogP) is 2.88. The van der Waals surface area contributed by atoms with Crippen LogP contribution in [0.4, 0.5) is 5.95 Å². The number of methoxy groups -OCH3 is 1. The Kier molecular flexibility index (Phi) is 4.75. The van der Waals surface area contributed by atoms with Crippen molar-refractivity contribution in [3.63, 3.8) is 0 Å². The minimum Gasteiger partial charge on any atom is -0.497 e. The van der Waals surface area contributed by atoms with E-state index >= 15 is 0 Å². The molecule has 1 amide bonds. The number of carbonyl (C=O) groups excluding carboxylic acids is 1. The first-order valence-corrected chi connectivity index (χ1v) is 9.13. The first-order valence-electron chi connectivity index (χ1n) is 8.15. The van der Waals surface area contributed by atoms with Gasteiger partial charge in [-0.25, -0.2) is 4.98 Å². The summed E-state index contributed by atoms with van der Waals surface area (Å²) in [7, 11) is 1.62. The van der Waals surface area contributed by atoms with Gasteiger partial charge in [-0.15, -0.1) is 10.2 Å². The van der Waals surface area contributed by atoms with E-state index < -0.39 is 0 Å². The summed E-state index contributed by atoms with van der Waals surface area (Å²) in [6.45, 7) is 0. The summed E-state index contributed by atoms with van der Waals surface area (Å²) < 4.78 is 6.98. The monoisotopic (exact) mass is 380 g/mol. The van der Waals surface area contributed by atoms with Gasteiger partial charge in [0, 0.05) is 5.69 Å². The average molecular weight is 380 g/mol. The molecular weight excluding hydrogens is 364 g/mol. The maximum absolute atomic E-state index is 12.2. The van der Waals surface area contributed by atoms with Crippen LogP contribution in [0.5, 0.6) is 5.75 Å². The molecule has 0 bridgehead atoms. The van der Waals surface area contributed by atoms with Crippen molar-refractivity contribution in [2.24, 2.45) is 0 Å². The highest BCUT2D eigenvalue weighted by Gasteiger charge is 2.12. The highest BCUT2D eigenvalue weighted by Crippen LogP contribution is 2.22. The maximum atomic E-state index is 12.2. The lowest BCUT2D eigenvalue weighted by Gasteiger charge is -2.07. The van der Waals surface area contributed by atoms with Crippen molar-refractivity contribution in [1.29, 1.82) is 0 Å². The molecule has 0 aliphatic carbocycles. The number of nitrogens with one attached hydrogen (secondary N) is 2. The molecular formula is C18H16N6O2S. The van der Waals surface area contributed by atoms with Crippen LogP contribution in [0.25, 0.3) is 16.7 Å². The van der Waals surface area contributed by atoms with E-state index in [1.807, 2.05) is 53.1 Å². The molecule has 2 aromatic heterocycles. The molecule has 0 unspecified atom stereocenters. The Morgan fingerprint density at radius 2 is 2.04 bits per heavy atom. The first-order chi connectivity index (χ1) is 13.2. The van der Waals surface area contributed by atoms with E-state index in [0.29, 0.717) is 11.1 Å².